The fraction of sp³-hybridized carbons (Fsp3) is 0.438. The van der Waals surface area contributed by atoms with Crippen LogP contribution in [0.4, 0.5) is 0 Å². The van der Waals surface area contributed by atoms with Crippen molar-refractivity contribution in [1.29, 1.82) is 0 Å². The van der Waals surface area contributed by atoms with Gasteiger partial charge < -0.3 is 14.7 Å². The number of carboxylic acids is 1. The van der Waals surface area contributed by atoms with Crippen molar-refractivity contribution in [3.8, 4) is 0 Å². The van der Waals surface area contributed by atoms with Crippen molar-refractivity contribution < 1.29 is 24.3 Å². The van der Waals surface area contributed by atoms with Gasteiger partial charge in [-0.05, 0) is 32.8 Å². The van der Waals surface area contributed by atoms with E-state index in [1.54, 1.807) is 20.8 Å². The van der Waals surface area contributed by atoms with Gasteiger partial charge in [0.2, 0.25) is 6.61 Å². The predicted octanol–water partition coefficient (Wildman–Crippen LogP) is 2.28. The SMILES string of the molecule is CCOC(=O)C(C)(Cc1ccccc1)/C(C)=N/OCC(=O)O. The Morgan fingerprint density at radius 2 is 1.91 bits per heavy atom. The highest BCUT2D eigenvalue weighted by molar-refractivity contribution is 6.05. The van der Waals surface area contributed by atoms with Crippen molar-refractivity contribution in [2.24, 2.45) is 10.6 Å². The Morgan fingerprint density at radius 3 is 2.45 bits per heavy atom. The molecule has 0 fully saturated rings. The second-order valence-electron chi connectivity index (χ2n) is 5.06. The van der Waals surface area contributed by atoms with Gasteiger partial charge in [-0.1, -0.05) is 35.5 Å². The third-order valence-corrected chi connectivity index (χ3v) is 3.31. The first kappa shape index (κ1) is 17.7. The lowest BCUT2D eigenvalue weighted by Crippen LogP contribution is -2.39. The van der Waals surface area contributed by atoms with E-state index in [1.165, 1.54) is 0 Å². The fourth-order valence-corrected chi connectivity index (χ4v) is 1.93. The molecule has 0 aromatic heterocycles. The lowest BCUT2D eigenvalue weighted by molar-refractivity contribution is -0.150. The number of oxime groups is 1. The number of hydrogen-bond acceptors (Lipinski definition) is 5. The summed E-state index contributed by atoms with van der Waals surface area (Å²) in [5.41, 5.74) is 0.303. The quantitative estimate of drug-likeness (QED) is 0.452. The summed E-state index contributed by atoms with van der Waals surface area (Å²) < 4.78 is 5.14. The van der Waals surface area contributed by atoms with Gasteiger partial charge in [-0.2, -0.15) is 0 Å². The molecular formula is C16H21NO5. The number of carboxylic acid groups (broad SMARTS) is 1. The molecule has 6 heteroatoms. The van der Waals surface area contributed by atoms with Crippen LogP contribution in [0.15, 0.2) is 35.5 Å². The molecule has 1 aromatic carbocycles. The number of esters is 1. The van der Waals surface area contributed by atoms with E-state index < -0.39 is 24.0 Å². The lowest BCUT2D eigenvalue weighted by atomic mass is 9.79. The molecule has 0 amide bonds. The first-order valence-corrected chi connectivity index (χ1v) is 7.00. The zero-order valence-electron chi connectivity index (χ0n) is 13.0. The van der Waals surface area contributed by atoms with Crippen LogP contribution in [0, 0.1) is 5.41 Å². The van der Waals surface area contributed by atoms with Gasteiger partial charge >= 0.3 is 11.9 Å². The van der Waals surface area contributed by atoms with Crippen LogP contribution in [0.3, 0.4) is 0 Å². The van der Waals surface area contributed by atoms with Gasteiger partial charge in [0.1, 0.15) is 5.41 Å². The van der Waals surface area contributed by atoms with E-state index >= 15 is 0 Å². The zero-order valence-corrected chi connectivity index (χ0v) is 13.0. The largest absolute Gasteiger partial charge is 0.479 e. The maximum Gasteiger partial charge on any atom is 0.344 e. The molecule has 1 atom stereocenters. The van der Waals surface area contributed by atoms with Gasteiger partial charge in [0.25, 0.3) is 0 Å². The molecule has 0 aliphatic carbocycles. The summed E-state index contributed by atoms with van der Waals surface area (Å²) in [5.74, 6) is -1.54. The van der Waals surface area contributed by atoms with Crippen molar-refractivity contribution in [2.75, 3.05) is 13.2 Å². The Labute approximate surface area is 129 Å². The van der Waals surface area contributed by atoms with E-state index in [4.69, 9.17) is 14.7 Å². The smallest absolute Gasteiger partial charge is 0.344 e. The van der Waals surface area contributed by atoms with E-state index in [9.17, 15) is 9.59 Å². The van der Waals surface area contributed by atoms with E-state index in [2.05, 4.69) is 5.16 Å². The Balaban J connectivity index is 3.00. The Morgan fingerprint density at radius 1 is 1.27 bits per heavy atom. The standard InChI is InChI=1S/C16H21NO5/c1-4-21-15(20)16(3,10-13-8-6-5-7-9-13)12(2)17-22-11-14(18)19/h5-9H,4,10-11H2,1-3H3,(H,18,19)/b17-12+. The minimum absolute atomic E-state index is 0.256. The highest BCUT2D eigenvalue weighted by atomic mass is 16.6. The first-order valence-electron chi connectivity index (χ1n) is 7.00. The monoisotopic (exact) mass is 307 g/mol. The topological polar surface area (TPSA) is 85.2 Å². The van der Waals surface area contributed by atoms with Crippen LogP contribution in [-0.4, -0.2) is 36.0 Å². The summed E-state index contributed by atoms with van der Waals surface area (Å²) in [4.78, 5) is 27.6. The molecule has 0 bridgehead atoms. The normalized spacial score (nSPS) is 14.0. The predicted molar refractivity (Wildman–Crippen MR) is 81.6 cm³/mol. The average molecular weight is 307 g/mol. The zero-order chi connectivity index (χ0) is 16.6. The fourth-order valence-electron chi connectivity index (χ4n) is 1.93. The van der Waals surface area contributed by atoms with Crippen molar-refractivity contribution in [3.63, 3.8) is 0 Å². The molecule has 1 N–H and O–H groups in total. The summed E-state index contributed by atoms with van der Waals surface area (Å²) in [6, 6.07) is 9.47. The summed E-state index contributed by atoms with van der Waals surface area (Å²) in [5, 5.41) is 12.3. The maximum atomic E-state index is 12.3. The number of hydrogen-bond donors (Lipinski definition) is 1. The summed E-state index contributed by atoms with van der Waals surface area (Å²) in [6.45, 7) is 4.77. The second kappa shape index (κ2) is 8.17. The molecule has 22 heavy (non-hydrogen) atoms. The Kier molecular flexibility index (Phi) is 6.56. The van der Waals surface area contributed by atoms with Crippen LogP contribution in [0.2, 0.25) is 0 Å². The number of carbonyl (C=O) groups is 2. The third-order valence-electron chi connectivity index (χ3n) is 3.31. The molecule has 0 heterocycles. The van der Waals surface area contributed by atoms with Crippen LogP contribution in [0.5, 0.6) is 0 Å². The van der Waals surface area contributed by atoms with Gasteiger partial charge in [0, 0.05) is 0 Å². The van der Waals surface area contributed by atoms with Crippen molar-refractivity contribution in [3.05, 3.63) is 35.9 Å². The minimum atomic E-state index is -1.13. The molecule has 0 radical (unpaired) electrons. The highest BCUT2D eigenvalue weighted by Crippen LogP contribution is 2.27. The number of rotatable bonds is 8. The molecule has 0 aliphatic heterocycles. The number of aliphatic carboxylic acids is 1. The van der Waals surface area contributed by atoms with Gasteiger partial charge in [-0.25, -0.2) is 4.79 Å². The second-order valence-corrected chi connectivity index (χ2v) is 5.06. The van der Waals surface area contributed by atoms with Gasteiger partial charge in [0.15, 0.2) is 0 Å². The highest BCUT2D eigenvalue weighted by Gasteiger charge is 2.39. The molecule has 6 nitrogen and oxygen atoms in total. The van der Waals surface area contributed by atoms with Crippen LogP contribution in [-0.2, 0) is 25.6 Å². The van der Waals surface area contributed by atoms with Crippen molar-refractivity contribution in [1.82, 2.24) is 0 Å². The van der Waals surface area contributed by atoms with E-state index in [0.717, 1.165) is 5.56 Å². The number of carbonyl (C=O) groups excluding carboxylic acids is 1. The molecule has 0 saturated carbocycles. The van der Waals surface area contributed by atoms with Crippen molar-refractivity contribution >= 4 is 17.7 Å². The number of benzene rings is 1. The summed E-state index contributed by atoms with van der Waals surface area (Å²) >= 11 is 0. The lowest BCUT2D eigenvalue weighted by Gasteiger charge is -2.26. The molecule has 0 saturated heterocycles. The Bertz CT molecular complexity index is 541. The molecule has 1 rings (SSSR count). The van der Waals surface area contributed by atoms with Gasteiger partial charge in [-0.15, -0.1) is 0 Å². The third kappa shape index (κ3) is 4.87. The van der Waals surface area contributed by atoms with E-state index in [0.29, 0.717) is 12.1 Å². The van der Waals surface area contributed by atoms with Crippen LogP contribution < -0.4 is 0 Å². The van der Waals surface area contributed by atoms with Crippen LogP contribution >= 0.6 is 0 Å². The average Bonchev–Trinajstić information content (AvgIpc) is 2.47. The molecule has 120 valence electrons. The number of nitrogens with zero attached hydrogens (tertiary/aromatic N) is 1. The molecule has 0 spiro atoms. The first-order chi connectivity index (χ1) is 10.4. The summed E-state index contributed by atoms with van der Waals surface area (Å²) in [7, 11) is 0. The van der Waals surface area contributed by atoms with Crippen LogP contribution in [0.1, 0.15) is 26.3 Å². The van der Waals surface area contributed by atoms with E-state index in [-0.39, 0.29) is 6.61 Å². The Hall–Kier alpha value is -2.37. The molecule has 1 aromatic rings. The minimum Gasteiger partial charge on any atom is -0.479 e. The van der Waals surface area contributed by atoms with Crippen LogP contribution in [0.25, 0.3) is 0 Å². The molecular weight excluding hydrogens is 286 g/mol. The van der Waals surface area contributed by atoms with Gasteiger partial charge in [-0.3, -0.25) is 4.79 Å². The number of ether oxygens (including phenoxy) is 1. The van der Waals surface area contributed by atoms with Gasteiger partial charge in [0.05, 0.1) is 12.3 Å². The molecule has 1 unspecified atom stereocenters. The van der Waals surface area contributed by atoms with E-state index in [1.807, 2.05) is 30.3 Å². The summed E-state index contributed by atoms with van der Waals surface area (Å²) in [6.07, 6.45) is 0.387. The van der Waals surface area contributed by atoms with Crippen molar-refractivity contribution in [2.45, 2.75) is 27.2 Å². The molecule has 0 aliphatic rings. The maximum absolute atomic E-state index is 12.3.